The van der Waals surface area contributed by atoms with Crippen molar-refractivity contribution in [2.75, 3.05) is 6.54 Å². The molecule has 2 fully saturated rings. The lowest BCUT2D eigenvalue weighted by Gasteiger charge is -2.56. The second-order valence-electron chi connectivity index (χ2n) is 13.0. The number of ketones is 1. The smallest absolute Gasteiger partial charge is 0.383 e. The molecule has 0 unspecified atom stereocenters. The van der Waals surface area contributed by atoms with Crippen molar-refractivity contribution in [1.29, 1.82) is 0 Å². The van der Waals surface area contributed by atoms with E-state index in [1.165, 1.54) is 6.92 Å². The van der Waals surface area contributed by atoms with Gasteiger partial charge in [0.1, 0.15) is 5.60 Å². The second kappa shape index (κ2) is 10.9. The molecule has 5 atom stereocenters. The maximum absolute atomic E-state index is 15.2. The molecule has 2 aromatic rings. The molecule has 0 saturated heterocycles. The number of aliphatic hydroxyl groups is 1. The number of rotatable bonds is 6. The third-order valence-corrected chi connectivity index (χ3v) is 10.8. The van der Waals surface area contributed by atoms with Crippen LogP contribution in [-0.4, -0.2) is 46.0 Å². The van der Waals surface area contributed by atoms with Gasteiger partial charge >= 0.3 is 12.1 Å². The molecular formula is C34H35F5N2O3. The first kappa shape index (κ1) is 30.6. The van der Waals surface area contributed by atoms with E-state index in [1.807, 2.05) is 12.1 Å². The van der Waals surface area contributed by atoms with E-state index in [2.05, 4.69) is 10.3 Å². The summed E-state index contributed by atoms with van der Waals surface area (Å²) < 4.78 is 71.7. The van der Waals surface area contributed by atoms with Crippen LogP contribution in [0.15, 0.2) is 71.6 Å². The number of hydrogen-bond donors (Lipinski definition) is 2. The number of halogens is 5. The number of amides is 1. The third kappa shape index (κ3) is 4.80. The first-order chi connectivity index (χ1) is 20.8. The second-order valence-corrected chi connectivity index (χ2v) is 13.0. The van der Waals surface area contributed by atoms with Gasteiger partial charge < -0.3 is 10.4 Å². The van der Waals surface area contributed by atoms with Gasteiger partial charge in [-0.1, -0.05) is 30.7 Å². The van der Waals surface area contributed by atoms with Crippen molar-refractivity contribution in [2.45, 2.75) is 81.9 Å². The number of fused-ring (bicyclic) bond motifs is 4. The quantitative estimate of drug-likeness (QED) is 0.348. The number of aromatic nitrogens is 1. The van der Waals surface area contributed by atoms with Crippen LogP contribution in [0.2, 0.25) is 0 Å². The zero-order valence-corrected chi connectivity index (χ0v) is 24.4. The lowest BCUT2D eigenvalue weighted by molar-refractivity contribution is -0.362. The molecule has 1 aromatic carbocycles. The molecule has 2 N–H and O–H groups in total. The first-order valence-corrected chi connectivity index (χ1v) is 15.2. The highest BCUT2D eigenvalue weighted by Gasteiger charge is 2.79. The van der Waals surface area contributed by atoms with Crippen LogP contribution >= 0.6 is 0 Å². The molecule has 0 radical (unpaired) electrons. The van der Waals surface area contributed by atoms with Gasteiger partial charge in [0.15, 0.2) is 5.78 Å². The number of nitrogens with one attached hydrogen (secondary N) is 1. The van der Waals surface area contributed by atoms with E-state index in [0.717, 1.165) is 22.3 Å². The first-order valence-electron chi connectivity index (χ1n) is 15.2. The van der Waals surface area contributed by atoms with Crippen molar-refractivity contribution in [3.8, 4) is 0 Å². The highest BCUT2D eigenvalue weighted by atomic mass is 19.4. The minimum absolute atomic E-state index is 0.0268. The van der Waals surface area contributed by atoms with Gasteiger partial charge in [-0.3, -0.25) is 14.6 Å². The summed E-state index contributed by atoms with van der Waals surface area (Å²) in [4.78, 5) is 29.2. The van der Waals surface area contributed by atoms with Gasteiger partial charge in [0.05, 0.1) is 0 Å². The van der Waals surface area contributed by atoms with Gasteiger partial charge in [-0.15, -0.1) is 0 Å². The Bertz CT molecular complexity index is 1520. The van der Waals surface area contributed by atoms with Crippen LogP contribution in [-0.2, 0) is 11.2 Å². The third-order valence-electron chi connectivity index (χ3n) is 10.8. The molecule has 44 heavy (non-hydrogen) atoms. The van der Waals surface area contributed by atoms with Crippen LogP contribution < -0.4 is 5.32 Å². The highest BCUT2D eigenvalue weighted by molar-refractivity contribution is 5.94. The predicted molar refractivity (Wildman–Crippen MR) is 153 cm³/mol. The molecule has 234 valence electrons. The summed E-state index contributed by atoms with van der Waals surface area (Å²) in [5, 5.41) is 14.3. The molecular weight excluding hydrogens is 579 g/mol. The van der Waals surface area contributed by atoms with Crippen LogP contribution in [0.3, 0.4) is 0 Å². The molecule has 4 aliphatic carbocycles. The van der Waals surface area contributed by atoms with Crippen LogP contribution in [0.25, 0.3) is 0 Å². The number of carbonyl (C=O) groups is 2. The van der Waals surface area contributed by atoms with Crippen molar-refractivity contribution >= 4 is 11.7 Å². The predicted octanol–water partition coefficient (Wildman–Crippen LogP) is 6.88. The van der Waals surface area contributed by atoms with Gasteiger partial charge in [-0.05, 0) is 103 Å². The molecule has 5 nitrogen and oxygen atoms in total. The SMILES string of the molecule is C[C@]12C[C@H](c3ccc(C(=O)NCCc4cccnc4)cc3)C3=C4CCC(=O)C=C4CC[C@H]3[C@@H]1CC[C@@]2(O)C(F)(F)C(F)(F)F. The molecule has 0 spiro atoms. The van der Waals surface area contributed by atoms with Crippen molar-refractivity contribution in [2.24, 2.45) is 17.3 Å². The van der Waals surface area contributed by atoms with Crippen LogP contribution in [0.5, 0.6) is 0 Å². The van der Waals surface area contributed by atoms with Crippen molar-refractivity contribution < 1.29 is 36.6 Å². The normalized spacial score (nSPS) is 30.3. The van der Waals surface area contributed by atoms with Crippen molar-refractivity contribution in [1.82, 2.24) is 10.3 Å². The van der Waals surface area contributed by atoms with E-state index in [9.17, 15) is 27.9 Å². The summed E-state index contributed by atoms with van der Waals surface area (Å²) in [5.41, 5.74) is -0.0174. The van der Waals surface area contributed by atoms with Gasteiger partial charge in [0.25, 0.3) is 5.91 Å². The topological polar surface area (TPSA) is 79.3 Å². The summed E-state index contributed by atoms with van der Waals surface area (Å²) in [5.74, 6) is -6.97. The Morgan fingerprint density at radius 3 is 2.50 bits per heavy atom. The monoisotopic (exact) mass is 614 g/mol. The number of nitrogens with zero attached hydrogens (tertiary/aromatic N) is 1. The van der Waals surface area contributed by atoms with Crippen molar-refractivity contribution in [3.63, 3.8) is 0 Å². The standard InChI is InChI=1S/C34H35F5N2O3/c1-31-18-27(21-4-6-22(7-5-21)30(43)41-16-13-20-3-2-15-40-19-20)29-25-11-9-24(42)17-23(25)8-10-26(29)28(31)12-14-32(31,44)33(35,36)34(37,38)39/h2-7,15,17,19,26-28,44H,8-14,16,18H2,1H3,(H,41,43)/t26-,27+,28-,31-,32-/m0/s1. The number of alkyl halides is 5. The molecule has 0 bridgehead atoms. The largest absolute Gasteiger partial charge is 0.456 e. The minimum Gasteiger partial charge on any atom is -0.383 e. The Hall–Kier alpha value is -3.40. The maximum atomic E-state index is 15.2. The molecule has 1 heterocycles. The van der Waals surface area contributed by atoms with Gasteiger partial charge in [-0.25, -0.2) is 0 Å². The molecule has 2 saturated carbocycles. The summed E-state index contributed by atoms with van der Waals surface area (Å²) >= 11 is 0. The lowest BCUT2D eigenvalue weighted by Crippen LogP contribution is -2.65. The van der Waals surface area contributed by atoms with Crippen LogP contribution in [0.1, 0.15) is 79.3 Å². The molecule has 6 rings (SSSR count). The van der Waals surface area contributed by atoms with E-state index in [0.29, 0.717) is 49.8 Å². The van der Waals surface area contributed by atoms with E-state index in [-0.39, 0.29) is 30.4 Å². The highest BCUT2D eigenvalue weighted by Crippen LogP contribution is 2.70. The molecule has 0 aliphatic heterocycles. The fourth-order valence-corrected chi connectivity index (χ4v) is 8.55. The van der Waals surface area contributed by atoms with Crippen LogP contribution in [0, 0.1) is 17.3 Å². The molecule has 1 aromatic heterocycles. The Kier molecular flexibility index (Phi) is 7.58. The van der Waals surface area contributed by atoms with E-state index in [4.69, 9.17) is 0 Å². The number of hydrogen-bond acceptors (Lipinski definition) is 4. The fourth-order valence-electron chi connectivity index (χ4n) is 8.55. The molecule has 4 aliphatic rings. The number of allylic oxidation sites excluding steroid dienone is 4. The van der Waals surface area contributed by atoms with E-state index < -0.39 is 41.4 Å². The Morgan fingerprint density at radius 1 is 1.07 bits per heavy atom. The van der Waals surface area contributed by atoms with Gasteiger partial charge in [0, 0.05) is 42.3 Å². The summed E-state index contributed by atoms with van der Waals surface area (Å²) in [6.45, 7) is 1.80. The average Bonchev–Trinajstić information content (AvgIpc) is 3.27. The Morgan fingerprint density at radius 2 is 1.82 bits per heavy atom. The van der Waals surface area contributed by atoms with E-state index >= 15 is 8.78 Å². The zero-order chi connectivity index (χ0) is 31.5. The van der Waals surface area contributed by atoms with Gasteiger partial charge in [-0.2, -0.15) is 22.0 Å². The number of pyridine rings is 1. The lowest BCUT2D eigenvalue weighted by atomic mass is 9.50. The summed E-state index contributed by atoms with van der Waals surface area (Å²) in [7, 11) is 0. The van der Waals surface area contributed by atoms with Crippen molar-refractivity contribution in [3.05, 3.63) is 88.3 Å². The maximum Gasteiger partial charge on any atom is 0.456 e. The number of benzene rings is 1. The average molecular weight is 615 g/mol. The zero-order valence-electron chi connectivity index (χ0n) is 24.4. The Balaban J connectivity index is 1.34. The van der Waals surface area contributed by atoms with Crippen LogP contribution in [0.4, 0.5) is 22.0 Å². The summed E-state index contributed by atoms with van der Waals surface area (Å²) in [6, 6.07) is 10.5. The summed E-state index contributed by atoms with van der Waals surface area (Å²) in [6.07, 6.45) is 0.922. The molecule has 1 amide bonds. The fraction of sp³-hybridized carbons (Fsp3) is 0.500. The number of carbonyl (C=O) groups excluding carboxylic acids is 2. The van der Waals surface area contributed by atoms with E-state index in [1.54, 1.807) is 42.7 Å². The Labute approximate surface area is 252 Å². The van der Waals surface area contributed by atoms with Gasteiger partial charge in [0.2, 0.25) is 0 Å². The molecule has 10 heteroatoms. The minimum atomic E-state index is -5.90.